The molecule has 2 rings (SSSR count). The van der Waals surface area contributed by atoms with E-state index in [-0.39, 0.29) is 0 Å². The average Bonchev–Trinajstić information content (AvgIpc) is 2.37. The monoisotopic (exact) mass is 275 g/mol. The Kier molecular flexibility index (Phi) is 4.07. The lowest BCUT2D eigenvalue weighted by Gasteiger charge is -2.39. The molecule has 0 atom stereocenters. The maximum Gasteiger partial charge on any atom is 0.335 e. The van der Waals surface area contributed by atoms with Gasteiger partial charge in [0.1, 0.15) is 0 Å². The minimum Gasteiger partial charge on any atom is -0.478 e. The molecular weight excluding hydrogens is 250 g/mol. The summed E-state index contributed by atoms with van der Waals surface area (Å²) in [4.78, 5) is 13.4. The summed E-state index contributed by atoms with van der Waals surface area (Å²) >= 11 is 0. The number of anilines is 1. The van der Waals surface area contributed by atoms with Crippen LogP contribution in [0.1, 0.15) is 55.5 Å². The second-order valence-electron chi connectivity index (χ2n) is 6.81. The number of hydrogen-bond acceptors (Lipinski definition) is 2. The van der Waals surface area contributed by atoms with Crippen LogP contribution in [0.5, 0.6) is 0 Å². The van der Waals surface area contributed by atoms with Gasteiger partial charge < -0.3 is 10.0 Å². The van der Waals surface area contributed by atoms with Gasteiger partial charge in [-0.15, -0.1) is 0 Å². The van der Waals surface area contributed by atoms with Crippen molar-refractivity contribution >= 4 is 11.7 Å². The van der Waals surface area contributed by atoms with Crippen molar-refractivity contribution in [1.29, 1.82) is 0 Å². The van der Waals surface area contributed by atoms with E-state index >= 15 is 0 Å². The number of carboxylic acids is 1. The second kappa shape index (κ2) is 5.47. The fourth-order valence-electron chi connectivity index (χ4n) is 3.09. The van der Waals surface area contributed by atoms with Crippen LogP contribution in [0.15, 0.2) is 18.2 Å². The SMILES string of the molecule is Cc1cc(N(C)C2CCC(C)(C)CC2)ccc1C(=O)O. The predicted molar refractivity (Wildman–Crippen MR) is 82.6 cm³/mol. The molecule has 1 fully saturated rings. The Balaban J connectivity index is 2.12. The first-order chi connectivity index (χ1) is 9.30. The van der Waals surface area contributed by atoms with Crippen LogP contribution in [0.4, 0.5) is 5.69 Å². The van der Waals surface area contributed by atoms with Crippen molar-refractivity contribution in [2.24, 2.45) is 5.41 Å². The maximum atomic E-state index is 11.1. The Labute approximate surface area is 121 Å². The van der Waals surface area contributed by atoms with E-state index < -0.39 is 5.97 Å². The summed E-state index contributed by atoms with van der Waals surface area (Å²) in [6, 6.07) is 6.20. The zero-order chi connectivity index (χ0) is 14.9. The molecule has 1 aliphatic carbocycles. The minimum absolute atomic E-state index is 0.395. The van der Waals surface area contributed by atoms with Crippen LogP contribution in [0.2, 0.25) is 0 Å². The Bertz CT molecular complexity index is 498. The highest BCUT2D eigenvalue weighted by Crippen LogP contribution is 2.37. The second-order valence-corrected chi connectivity index (χ2v) is 6.81. The Morgan fingerprint density at radius 1 is 1.30 bits per heavy atom. The predicted octanol–water partition coefficient (Wildman–Crippen LogP) is 4.10. The number of benzene rings is 1. The van der Waals surface area contributed by atoms with Crippen molar-refractivity contribution in [2.45, 2.75) is 52.5 Å². The van der Waals surface area contributed by atoms with Crippen LogP contribution in [0.25, 0.3) is 0 Å². The Hall–Kier alpha value is -1.51. The van der Waals surface area contributed by atoms with Crippen molar-refractivity contribution in [2.75, 3.05) is 11.9 Å². The molecular formula is C17H25NO2. The highest BCUT2D eigenvalue weighted by atomic mass is 16.4. The highest BCUT2D eigenvalue weighted by molar-refractivity contribution is 5.89. The van der Waals surface area contributed by atoms with Crippen molar-refractivity contribution < 1.29 is 9.90 Å². The van der Waals surface area contributed by atoms with Crippen LogP contribution in [0.3, 0.4) is 0 Å². The van der Waals surface area contributed by atoms with Crippen molar-refractivity contribution in [3.8, 4) is 0 Å². The summed E-state index contributed by atoms with van der Waals surface area (Å²) in [5, 5.41) is 9.09. The average molecular weight is 275 g/mol. The van der Waals surface area contributed by atoms with E-state index in [0.29, 0.717) is 17.0 Å². The third-order valence-corrected chi connectivity index (χ3v) is 4.70. The zero-order valence-electron chi connectivity index (χ0n) is 12.9. The molecule has 0 radical (unpaired) electrons. The molecule has 1 aliphatic rings. The van der Waals surface area contributed by atoms with E-state index in [9.17, 15) is 4.79 Å². The number of aromatic carboxylic acids is 1. The van der Waals surface area contributed by atoms with Crippen molar-refractivity contribution in [3.63, 3.8) is 0 Å². The number of rotatable bonds is 3. The smallest absolute Gasteiger partial charge is 0.335 e. The molecule has 20 heavy (non-hydrogen) atoms. The van der Waals surface area contributed by atoms with Gasteiger partial charge in [0, 0.05) is 18.8 Å². The quantitative estimate of drug-likeness (QED) is 0.903. The lowest BCUT2D eigenvalue weighted by Crippen LogP contribution is -2.37. The van der Waals surface area contributed by atoms with Gasteiger partial charge in [0.15, 0.2) is 0 Å². The molecule has 0 amide bonds. The van der Waals surface area contributed by atoms with E-state index in [1.807, 2.05) is 19.1 Å². The van der Waals surface area contributed by atoms with E-state index in [1.165, 1.54) is 25.7 Å². The molecule has 1 aromatic rings. The summed E-state index contributed by atoms with van der Waals surface area (Å²) < 4.78 is 0. The first kappa shape index (κ1) is 14.9. The first-order valence-electron chi connectivity index (χ1n) is 7.37. The molecule has 1 saturated carbocycles. The van der Waals surface area contributed by atoms with Crippen molar-refractivity contribution in [1.82, 2.24) is 0 Å². The van der Waals surface area contributed by atoms with Crippen LogP contribution in [-0.2, 0) is 0 Å². The van der Waals surface area contributed by atoms with Gasteiger partial charge in [-0.3, -0.25) is 0 Å². The lowest BCUT2D eigenvalue weighted by atomic mass is 9.75. The molecule has 110 valence electrons. The number of aryl methyl sites for hydroxylation is 1. The molecule has 0 saturated heterocycles. The largest absolute Gasteiger partial charge is 0.478 e. The first-order valence-corrected chi connectivity index (χ1v) is 7.37. The third-order valence-electron chi connectivity index (χ3n) is 4.70. The molecule has 0 heterocycles. The summed E-state index contributed by atoms with van der Waals surface area (Å²) in [7, 11) is 2.12. The van der Waals surface area contributed by atoms with Crippen LogP contribution < -0.4 is 4.90 Å². The van der Waals surface area contributed by atoms with Gasteiger partial charge in [0.2, 0.25) is 0 Å². The Morgan fingerprint density at radius 2 is 1.90 bits per heavy atom. The standard InChI is InChI=1S/C17H25NO2/c1-12-11-14(5-6-15(12)16(19)20)18(4)13-7-9-17(2,3)10-8-13/h5-6,11,13H,7-10H2,1-4H3,(H,19,20). The van der Waals surface area contributed by atoms with Crippen LogP contribution >= 0.6 is 0 Å². The molecule has 3 heteroatoms. The van der Waals surface area contributed by atoms with Crippen LogP contribution in [0, 0.1) is 12.3 Å². The minimum atomic E-state index is -0.851. The fraction of sp³-hybridized carbons (Fsp3) is 0.588. The molecule has 0 aromatic heterocycles. The van der Waals surface area contributed by atoms with Crippen molar-refractivity contribution in [3.05, 3.63) is 29.3 Å². The third kappa shape index (κ3) is 3.14. The number of carbonyl (C=O) groups is 1. The molecule has 0 unspecified atom stereocenters. The van der Waals surface area contributed by atoms with E-state index in [0.717, 1.165) is 11.3 Å². The molecule has 0 bridgehead atoms. The maximum absolute atomic E-state index is 11.1. The van der Waals surface area contributed by atoms with Gasteiger partial charge in [0.05, 0.1) is 5.56 Å². The Morgan fingerprint density at radius 3 is 2.40 bits per heavy atom. The summed E-state index contributed by atoms with van der Waals surface area (Å²) in [5.41, 5.74) is 2.82. The normalized spacial score (nSPS) is 18.8. The van der Waals surface area contributed by atoms with Gasteiger partial charge in [-0.25, -0.2) is 4.79 Å². The van der Waals surface area contributed by atoms with Gasteiger partial charge in [-0.05, 0) is 61.8 Å². The summed E-state index contributed by atoms with van der Waals surface area (Å²) in [6.45, 7) is 6.55. The van der Waals surface area contributed by atoms with E-state index in [1.54, 1.807) is 6.07 Å². The zero-order valence-corrected chi connectivity index (χ0v) is 12.9. The van der Waals surface area contributed by atoms with Gasteiger partial charge in [0.25, 0.3) is 0 Å². The fourth-order valence-corrected chi connectivity index (χ4v) is 3.09. The molecule has 0 spiro atoms. The van der Waals surface area contributed by atoms with Gasteiger partial charge >= 0.3 is 5.97 Å². The molecule has 3 nitrogen and oxygen atoms in total. The molecule has 0 aliphatic heterocycles. The van der Waals surface area contributed by atoms with Crippen LogP contribution in [-0.4, -0.2) is 24.2 Å². The lowest BCUT2D eigenvalue weighted by molar-refractivity contribution is 0.0696. The number of hydrogen-bond donors (Lipinski definition) is 1. The topological polar surface area (TPSA) is 40.5 Å². The summed E-state index contributed by atoms with van der Waals surface area (Å²) in [6.07, 6.45) is 4.94. The summed E-state index contributed by atoms with van der Waals surface area (Å²) in [5.74, 6) is -0.851. The number of nitrogens with zero attached hydrogens (tertiary/aromatic N) is 1. The van der Waals surface area contributed by atoms with E-state index in [4.69, 9.17) is 5.11 Å². The molecule has 1 aromatic carbocycles. The highest BCUT2D eigenvalue weighted by Gasteiger charge is 2.29. The van der Waals surface area contributed by atoms with E-state index in [2.05, 4.69) is 25.8 Å². The molecule has 1 N–H and O–H groups in total. The van der Waals surface area contributed by atoms with Gasteiger partial charge in [-0.1, -0.05) is 13.8 Å². The number of carboxylic acid groups (broad SMARTS) is 1. The van der Waals surface area contributed by atoms with Gasteiger partial charge in [-0.2, -0.15) is 0 Å².